The second-order valence-electron chi connectivity index (χ2n) is 7.59. The highest BCUT2D eigenvalue weighted by Crippen LogP contribution is 2.18. The van der Waals surface area contributed by atoms with Crippen molar-refractivity contribution < 1.29 is 0 Å². The summed E-state index contributed by atoms with van der Waals surface area (Å²) in [5.74, 6) is 0. The lowest BCUT2D eigenvalue weighted by Gasteiger charge is -2.16. The Bertz CT molecular complexity index is 517. The largest absolute Gasteiger partial charge is 0.258 e. The van der Waals surface area contributed by atoms with Crippen LogP contribution in [0.25, 0.3) is 0 Å². The van der Waals surface area contributed by atoms with Crippen molar-refractivity contribution in [3.8, 4) is 0 Å². The normalized spacial score (nSPS) is 11.6. The first-order valence-corrected chi connectivity index (χ1v) is 7.58. The highest BCUT2D eigenvalue weighted by molar-refractivity contribution is 5.10. The van der Waals surface area contributed by atoms with Crippen LogP contribution in [0, 0.1) is 13.8 Å². The summed E-state index contributed by atoms with van der Waals surface area (Å²) in [4.78, 5) is 16.9. The van der Waals surface area contributed by atoms with Gasteiger partial charge in [0.2, 0.25) is 0 Å². The molecule has 0 bridgehead atoms. The second-order valence-corrected chi connectivity index (χ2v) is 7.59. The van der Waals surface area contributed by atoms with Crippen molar-refractivity contribution in [1.29, 1.82) is 0 Å². The molecular formula is C18H28N4. The third kappa shape index (κ3) is 5.88. The zero-order valence-corrected chi connectivity index (χ0v) is 15.1. The Kier molecular flexibility index (Phi) is 5.75. The van der Waals surface area contributed by atoms with Gasteiger partial charge >= 0.3 is 0 Å². The molecule has 22 heavy (non-hydrogen) atoms. The molecule has 0 aliphatic rings. The predicted octanol–water partition coefficient (Wildman–Crippen LogP) is 4.17. The van der Waals surface area contributed by atoms with E-state index in [1.165, 1.54) is 0 Å². The Hall–Kier alpha value is -1.84. The van der Waals surface area contributed by atoms with E-state index >= 15 is 0 Å². The van der Waals surface area contributed by atoms with E-state index in [9.17, 15) is 0 Å². The number of nitrogens with zero attached hydrogens (tertiary/aromatic N) is 4. The summed E-state index contributed by atoms with van der Waals surface area (Å²) in [6, 6.07) is 0. The van der Waals surface area contributed by atoms with E-state index in [4.69, 9.17) is 0 Å². The smallest absolute Gasteiger partial charge is 0.0640 e. The van der Waals surface area contributed by atoms with Crippen LogP contribution in [0.3, 0.4) is 0 Å². The maximum absolute atomic E-state index is 4.29. The van der Waals surface area contributed by atoms with Gasteiger partial charge in [-0.2, -0.15) is 0 Å². The SMILES string of the molecule is Cc1cnc(C(C)(C)C)cn1.Cc1cnc(C(C)(C)C)cn1. The van der Waals surface area contributed by atoms with Crippen LogP contribution in [0.4, 0.5) is 0 Å². The van der Waals surface area contributed by atoms with Crippen LogP contribution in [-0.2, 0) is 10.8 Å². The van der Waals surface area contributed by atoms with E-state index in [1.54, 1.807) is 12.4 Å². The van der Waals surface area contributed by atoms with Gasteiger partial charge in [0.25, 0.3) is 0 Å². The van der Waals surface area contributed by atoms with Crippen LogP contribution in [0.1, 0.15) is 64.3 Å². The quantitative estimate of drug-likeness (QED) is 0.733. The Labute approximate surface area is 134 Å². The fourth-order valence-electron chi connectivity index (χ4n) is 1.56. The van der Waals surface area contributed by atoms with Gasteiger partial charge in [-0.1, -0.05) is 41.5 Å². The Morgan fingerprint density at radius 3 is 1.05 bits per heavy atom. The minimum Gasteiger partial charge on any atom is -0.258 e. The van der Waals surface area contributed by atoms with Gasteiger partial charge in [-0.3, -0.25) is 19.9 Å². The fraction of sp³-hybridized carbons (Fsp3) is 0.556. The van der Waals surface area contributed by atoms with Crippen molar-refractivity contribution in [2.24, 2.45) is 0 Å². The molecule has 0 fully saturated rings. The van der Waals surface area contributed by atoms with E-state index in [1.807, 2.05) is 26.2 Å². The summed E-state index contributed by atoms with van der Waals surface area (Å²) >= 11 is 0. The first-order valence-electron chi connectivity index (χ1n) is 7.58. The molecule has 120 valence electrons. The Morgan fingerprint density at radius 2 is 0.864 bits per heavy atom. The maximum atomic E-state index is 4.29. The Balaban J connectivity index is 0.000000220. The zero-order chi connectivity index (χ0) is 17.0. The van der Waals surface area contributed by atoms with E-state index in [2.05, 4.69) is 61.5 Å². The lowest BCUT2D eigenvalue weighted by molar-refractivity contribution is 0.564. The van der Waals surface area contributed by atoms with Crippen molar-refractivity contribution >= 4 is 0 Å². The molecule has 0 spiro atoms. The molecule has 0 saturated heterocycles. The third-order valence-corrected chi connectivity index (χ3v) is 3.10. The van der Waals surface area contributed by atoms with Gasteiger partial charge in [0, 0.05) is 35.6 Å². The van der Waals surface area contributed by atoms with Crippen molar-refractivity contribution in [3.63, 3.8) is 0 Å². The van der Waals surface area contributed by atoms with Crippen molar-refractivity contribution in [2.45, 2.75) is 66.2 Å². The lowest BCUT2D eigenvalue weighted by atomic mass is 9.93. The first kappa shape index (κ1) is 18.2. The molecule has 2 rings (SSSR count). The molecule has 0 radical (unpaired) electrons. The topological polar surface area (TPSA) is 51.6 Å². The molecule has 0 aromatic carbocycles. The molecule has 2 aromatic heterocycles. The monoisotopic (exact) mass is 300 g/mol. The number of hydrogen-bond acceptors (Lipinski definition) is 4. The van der Waals surface area contributed by atoms with Crippen molar-refractivity contribution in [1.82, 2.24) is 19.9 Å². The van der Waals surface area contributed by atoms with E-state index in [0.717, 1.165) is 22.8 Å². The molecule has 0 N–H and O–H groups in total. The summed E-state index contributed by atoms with van der Waals surface area (Å²) in [5, 5.41) is 0. The number of aryl methyl sites for hydroxylation is 2. The summed E-state index contributed by atoms with van der Waals surface area (Å²) in [7, 11) is 0. The van der Waals surface area contributed by atoms with Crippen molar-refractivity contribution in [2.75, 3.05) is 0 Å². The summed E-state index contributed by atoms with van der Waals surface area (Å²) < 4.78 is 0. The van der Waals surface area contributed by atoms with Gasteiger partial charge < -0.3 is 0 Å². The van der Waals surface area contributed by atoms with Gasteiger partial charge in [0.1, 0.15) is 0 Å². The molecule has 2 heterocycles. The van der Waals surface area contributed by atoms with Crippen LogP contribution in [0.5, 0.6) is 0 Å². The van der Waals surface area contributed by atoms with E-state index in [-0.39, 0.29) is 10.8 Å². The summed E-state index contributed by atoms with van der Waals surface area (Å²) in [5.41, 5.74) is 4.25. The predicted molar refractivity (Wildman–Crippen MR) is 90.9 cm³/mol. The van der Waals surface area contributed by atoms with Crippen LogP contribution >= 0.6 is 0 Å². The van der Waals surface area contributed by atoms with E-state index in [0.29, 0.717) is 0 Å². The molecule has 0 aliphatic heterocycles. The van der Waals surface area contributed by atoms with Crippen molar-refractivity contribution in [3.05, 3.63) is 47.6 Å². The van der Waals surface area contributed by atoms with Crippen LogP contribution in [-0.4, -0.2) is 19.9 Å². The molecule has 4 heteroatoms. The maximum Gasteiger partial charge on any atom is 0.0640 e. The number of rotatable bonds is 0. The van der Waals surface area contributed by atoms with Crippen LogP contribution in [0.15, 0.2) is 24.8 Å². The molecular weight excluding hydrogens is 272 g/mol. The summed E-state index contributed by atoms with van der Waals surface area (Å²) in [6.45, 7) is 16.7. The number of hydrogen-bond donors (Lipinski definition) is 0. The van der Waals surface area contributed by atoms with Gasteiger partial charge in [-0.25, -0.2) is 0 Å². The molecule has 0 aliphatic carbocycles. The minimum atomic E-state index is 0.112. The molecule has 0 unspecified atom stereocenters. The second kappa shape index (κ2) is 6.95. The van der Waals surface area contributed by atoms with Gasteiger partial charge in [0.05, 0.1) is 22.8 Å². The zero-order valence-electron chi connectivity index (χ0n) is 15.1. The standard InChI is InChI=1S/2C9H14N2/c2*1-7-5-11-8(6-10-7)9(2,3)4/h2*5-6H,1-4H3. The third-order valence-electron chi connectivity index (χ3n) is 3.10. The molecule has 0 amide bonds. The minimum absolute atomic E-state index is 0.112. The van der Waals surface area contributed by atoms with Gasteiger partial charge in [-0.15, -0.1) is 0 Å². The average Bonchev–Trinajstić information content (AvgIpc) is 2.38. The first-order chi connectivity index (χ1) is 10.00. The lowest BCUT2D eigenvalue weighted by Crippen LogP contribution is -2.13. The fourth-order valence-corrected chi connectivity index (χ4v) is 1.56. The highest BCUT2D eigenvalue weighted by atomic mass is 14.8. The van der Waals surface area contributed by atoms with Crippen LogP contribution in [0.2, 0.25) is 0 Å². The molecule has 0 saturated carbocycles. The molecule has 4 nitrogen and oxygen atoms in total. The number of aromatic nitrogens is 4. The van der Waals surface area contributed by atoms with Gasteiger partial charge in [0.15, 0.2) is 0 Å². The molecule has 2 aromatic rings. The van der Waals surface area contributed by atoms with Gasteiger partial charge in [-0.05, 0) is 13.8 Å². The average molecular weight is 300 g/mol. The Morgan fingerprint density at radius 1 is 0.545 bits per heavy atom. The summed E-state index contributed by atoms with van der Waals surface area (Å²) in [6.07, 6.45) is 7.30. The highest BCUT2D eigenvalue weighted by Gasteiger charge is 2.15. The van der Waals surface area contributed by atoms with E-state index < -0.39 is 0 Å². The van der Waals surface area contributed by atoms with Crippen LogP contribution < -0.4 is 0 Å². The molecule has 0 atom stereocenters.